The summed E-state index contributed by atoms with van der Waals surface area (Å²) in [6, 6.07) is 47.4. The van der Waals surface area contributed by atoms with Crippen LogP contribution < -0.4 is 0 Å². The van der Waals surface area contributed by atoms with Crippen LogP contribution in [-0.2, 0) is 36.4 Å². The number of hydrogen-bond donors (Lipinski definition) is 0. The minimum atomic E-state index is -0.0935. The molecule has 0 fully saturated rings. The van der Waals surface area contributed by atoms with Gasteiger partial charge in [0.15, 0.2) is 0 Å². The molecule has 0 aliphatic rings. The van der Waals surface area contributed by atoms with Gasteiger partial charge in [-0.05, 0) is 93.6 Å². The number of benzene rings is 6. The molecular weight excluding hydrogens is 1060 g/mol. The Kier molecular flexibility index (Phi) is 13.2. The maximum atomic E-state index is 6.85. The van der Waals surface area contributed by atoms with Crippen LogP contribution in [0.3, 0.4) is 0 Å². The van der Waals surface area contributed by atoms with E-state index in [0.29, 0.717) is 0 Å². The number of furan rings is 2. The van der Waals surface area contributed by atoms with Gasteiger partial charge in [-0.2, -0.15) is 0 Å². The van der Waals surface area contributed by atoms with Crippen molar-refractivity contribution in [3.8, 4) is 39.6 Å². The van der Waals surface area contributed by atoms with Crippen molar-refractivity contribution in [3.63, 3.8) is 0 Å². The zero-order valence-corrected chi connectivity index (χ0v) is 46.0. The Balaban J connectivity index is 0.000000257. The van der Waals surface area contributed by atoms with Crippen LogP contribution >= 0.6 is 0 Å². The molecule has 0 N–H and O–H groups in total. The molecule has 367 valence electrons. The molecule has 11 aromatic rings. The number of para-hydroxylation sites is 2. The van der Waals surface area contributed by atoms with Crippen molar-refractivity contribution in [1.29, 1.82) is 0 Å². The normalized spacial score (nSPS) is 12.4. The summed E-state index contributed by atoms with van der Waals surface area (Å²) in [5.41, 5.74) is 16.1. The quantitative estimate of drug-likeness (QED) is 0.153. The van der Waals surface area contributed by atoms with E-state index in [1.165, 1.54) is 33.5 Å². The van der Waals surface area contributed by atoms with Gasteiger partial charge in [0.1, 0.15) is 22.6 Å². The summed E-state index contributed by atoms with van der Waals surface area (Å²) in [5, 5.41) is 4.20. The summed E-state index contributed by atoms with van der Waals surface area (Å²) in [4.78, 5) is 22.9. The monoisotopic (exact) mass is 1130 g/mol. The fourth-order valence-electron chi connectivity index (χ4n) is 9.39. The van der Waals surface area contributed by atoms with Gasteiger partial charge in [-0.3, -0.25) is 15.0 Å². The Morgan fingerprint density at radius 3 is 1.88 bits per heavy atom. The standard InChI is InChI=1S/C47H41N2O2.C16H21N4.Ir/c1-27(2)34-22-30(29-14-9-8-10-15-29)23-35(28(3)4)44(34)49-40-19-12-11-18-39(40)48-46(49)33-17-13-16-32-37-25-42-38(26-43(37)51-45(32)33)36-24-31(47(5,6)7)20-21-41(36)50-42;1-15(2,3)13-9-12(18-10-19-13)11-7-8-17-14(20-11)16(4,5)6;/h8-16,18-28H,1-7H3;8-10H,1-6H3;/q2*-1;. The topological polar surface area (TPSA) is 95.7 Å². The van der Waals surface area contributed by atoms with Gasteiger partial charge in [0, 0.05) is 58.5 Å². The Morgan fingerprint density at radius 1 is 0.556 bits per heavy atom. The van der Waals surface area contributed by atoms with Gasteiger partial charge in [0.2, 0.25) is 0 Å². The first-order valence-corrected chi connectivity index (χ1v) is 24.8. The van der Waals surface area contributed by atoms with Crippen molar-refractivity contribution in [2.24, 2.45) is 0 Å². The minimum Gasteiger partial charge on any atom is -0.501 e. The fraction of sp³-hybridized carbons (Fsp3) is 0.286. The van der Waals surface area contributed by atoms with Crippen molar-refractivity contribution >= 4 is 54.9 Å². The number of imidazole rings is 1. The Morgan fingerprint density at radius 2 is 1.21 bits per heavy atom. The van der Waals surface area contributed by atoms with Crippen LogP contribution in [0.15, 0.2) is 137 Å². The molecule has 0 saturated carbocycles. The van der Waals surface area contributed by atoms with Crippen LogP contribution in [-0.4, -0.2) is 29.5 Å². The maximum Gasteiger partial charge on any atom is 0.136 e. The van der Waals surface area contributed by atoms with Crippen molar-refractivity contribution in [3.05, 3.63) is 168 Å². The van der Waals surface area contributed by atoms with Crippen LogP contribution in [0.4, 0.5) is 0 Å². The van der Waals surface area contributed by atoms with E-state index in [1.807, 2.05) is 12.1 Å². The molecule has 1 radical (unpaired) electrons. The summed E-state index contributed by atoms with van der Waals surface area (Å²) >= 11 is 0. The molecule has 8 nitrogen and oxygen atoms in total. The minimum absolute atomic E-state index is 0. The van der Waals surface area contributed by atoms with Crippen molar-refractivity contribution < 1.29 is 28.9 Å². The first-order valence-electron chi connectivity index (χ1n) is 24.8. The molecule has 6 aromatic carbocycles. The molecule has 11 rings (SSSR count). The number of fused-ring (bicyclic) bond motifs is 7. The van der Waals surface area contributed by atoms with Crippen LogP contribution in [0.5, 0.6) is 0 Å². The smallest absolute Gasteiger partial charge is 0.136 e. The van der Waals surface area contributed by atoms with Gasteiger partial charge in [-0.15, -0.1) is 18.2 Å². The van der Waals surface area contributed by atoms with E-state index in [1.54, 1.807) is 12.5 Å². The van der Waals surface area contributed by atoms with Crippen LogP contribution in [0.2, 0.25) is 0 Å². The van der Waals surface area contributed by atoms with E-state index in [-0.39, 0.29) is 48.2 Å². The zero-order chi connectivity index (χ0) is 50.1. The van der Waals surface area contributed by atoms with Gasteiger partial charge < -0.3 is 18.4 Å². The predicted octanol–water partition coefficient (Wildman–Crippen LogP) is 16.8. The van der Waals surface area contributed by atoms with E-state index in [2.05, 4.69) is 230 Å². The second-order valence-corrected chi connectivity index (χ2v) is 22.5. The Hall–Kier alpha value is -6.80. The molecule has 0 aliphatic carbocycles. The number of aromatic nitrogens is 6. The summed E-state index contributed by atoms with van der Waals surface area (Å²) in [7, 11) is 0. The maximum absolute atomic E-state index is 6.85. The molecule has 0 bridgehead atoms. The average molecular weight is 1130 g/mol. The third-order valence-electron chi connectivity index (χ3n) is 13.4. The Labute approximate surface area is 436 Å². The first-order chi connectivity index (χ1) is 33.7. The summed E-state index contributed by atoms with van der Waals surface area (Å²) in [5.74, 6) is 2.15. The van der Waals surface area contributed by atoms with Gasteiger partial charge >= 0.3 is 0 Å². The van der Waals surface area contributed by atoms with Crippen molar-refractivity contribution in [1.82, 2.24) is 29.5 Å². The average Bonchev–Trinajstić information content (AvgIpc) is 4.03. The zero-order valence-electron chi connectivity index (χ0n) is 43.6. The number of hydrogen-bond acceptors (Lipinski definition) is 7. The second-order valence-electron chi connectivity index (χ2n) is 22.5. The molecule has 9 heteroatoms. The molecule has 0 saturated heterocycles. The third kappa shape index (κ3) is 9.41. The van der Waals surface area contributed by atoms with Crippen LogP contribution in [0, 0.1) is 12.1 Å². The first kappa shape index (κ1) is 50.2. The van der Waals surface area contributed by atoms with Crippen molar-refractivity contribution in [2.45, 2.75) is 118 Å². The molecule has 0 aliphatic heterocycles. The summed E-state index contributed by atoms with van der Waals surface area (Å²) in [6.07, 6.45) is 3.25. The molecule has 0 amide bonds. The van der Waals surface area contributed by atoms with Gasteiger partial charge in [-0.25, -0.2) is 11.1 Å². The second kappa shape index (κ2) is 19.0. The fourth-order valence-corrected chi connectivity index (χ4v) is 9.39. The number of rotatable bonds is 6. The number of nitrogens with zero attached hydrogens (tertiary/aromatic N) is 6. The van der Waals surface area contributed by atoms with E-state index in [4.69, 9.17) is 13.8 Å². The van der Waals surface area contributed by atoms with E-state index in [0.717, 1.165) is 89.2 Å². The summed E-state index contributed by atoms with van der Waals surface area (Å²) in [6.45, 7) is 28.5. The molecule has 0 spiro atoms. The largest absolute Gasteiger partial charge is 0.501 e. The van der Waals surface area contributed by atoms with E-state index < -0.39 is 0 Å². The van der Waals surface area contributed by atoms with E-state index >= 15 is 0 Å². The Bertz CT molecular complexity index is 3700. The van der Waals surface area contributed by atoms with Gasteiger partial charge in [0.25, 0.3) is 0 Å². The SMILES string of the molecule is CC(C)(C)c1cc(-c2[c-]cnc(C(C)(C)C)n2)ncn1.CC(C)c1cc(-c2ccccc2)cc(C(C)C)c1-n1c(-c2[c-]ccc3c2oc2cc4c(cc23)oc2ccc(C(C)(C)C)cc24)nc2ccccc21.[Ir]. The van der Waals surface area contributed by atoms with Crippen LogP contribution in [0.25, 0.3) is 94.5 Å². The van der Waals surface area contributed by atoms with E-state index in [9.17, 15) is 0 Å². The van der Waals surface area contributed by atoms with Gasteiger partial charge in [0.05, 0.1) is 28.8 Å². The molecule has 5 heterocycles. The summed E-state index contributed by atoms with van der Waals surface area (Å²) < 4.78 is 15.6. The molecule has 0 unspecified atom stereocenters. The molecule has 72 heavy (non-hydrogen) atoms. The molecule has 0 atom stereocenters. The van der Waals surface area contributed by atoms with Crippen LogP contribution in [0.1, 0.15) is 130 Å². The third-order valence-corrected chi connectivity index (χ3v) is 13.4. The predicted molar refractivity (Wildman–Crippen MR) is 292 cm³/mol. The molecule has 5 aromatic heterocycles. The molecular formula is C63H62IrN6O2-2. The van der Waals surface area contributed by atoms with Crippen molar-refractivity contribution in [2.75, 3.05) is 0 Å². The van der Waals surface area contributed by atoms with Gasteiger partial charge in [-0.1, -0.05) is 173 Å².